The molecule has 0 amide bonds. The summed E-state index contributed by atoms with van der Waals surface area (Å²) in [5.74, 6) is 1.53. The number of aryl methyl sites for hydroxylation is 1. The van der Waals surface area contributed by atoms with Crippen molar-refractivity contribution in [1.29, 1.82) is 0 Å². The first-order valence-electron chi connectivity index (χ1n) is 5.48. The number of hydrogen-bond acceptors (Lipinski definition) is 3. The van der Waals surface area contributed by atoms with E-state index in [9.17, 15) is 0 Å². The van der Waals surface area contributed by atoms with Gasteiger partial charge in [0.1, 0.15) is 5.15 Å². The van der Waals surface area contributed by atoms with E-state index in [0.29, 0.717) is 5.92 Å². The summed E-state index contributed by atoms with van der Waals surface area (Å²) >= 11 is 8.07. The lowest BCUT2D eigenvalue weighted by molar-refractivity contribution is 0.700. The zero-order valence-corrected chi connectivity index (χ0v) is 13.2. The van der Waals surface area contributed by atoms with Crippen molar-refractivity contribution in [2.45, 2.75) is 26.3 Å². The maximum Gasteiger partial charge on any atom is 0.131 e. The van der Waals surface area contributed by atoms with Crippen LogP contribution in [0.1, 0.15) is 31.0 Å². The molecule has 0 saturated carbocycles. The number of nitrogens with zero attached hydrogens (tertiary/aromatic N) is 2. The van der Waals surface area contributed by atoms with Crippen molar-refractivity contribution < 1.29 is 0 Å². The van der Waals surface area contributed by atoms with Crippen molar-refractivity contribution in [3.63, 3.8) is 0 Å². The number of thioether (sulfide) groups is 1. The van der Waals surface area contributed by atoms with Crippen molar-refractivity contribution in [3.8, 4) is 0 Å². The van der Waals surface area contributed by atoms with Gasteiger partial charge in [-0.3, -0.25) is 4.68 Å². The second-order valence-electron chi connectivity index (χ2n) is 4.10. The predicted octanol–water partition coefficient (Wildman–Crippen LogP) is 3.07. The lowest BCUT2D eigenvalue weighted by Gasteiger charge is -2.07. The summed E-state index contributed by atoms with van der Waals surface area (Å²) in [4.78, 5) is 0. The van der Waals surface area contributed by atoms with Crippen LogP contribution in [0.2, 0.25) is 5.15 Å². The molecule has 17 heavy (non-hydrogen) atoms. The van der Waals surface area contributed by atoms with Crippen LogP contribution in [0, 0.1) is 0 Å². The van der Waals surface area contributed by atoms with E-state index >= 15 is 0 Å². The molecule has 1 N–H and O–H groups in total. The standard InChI is InChI=1S/C11H20ClN3S.ClH/c1-8(2)10-9(7-13-5-6-16-4)11(12)15(3)14-10;/h8,13H,5-7H2,1-4H3;1H. The van der Waals surface area contributed by atoms with Crippen LogP contribution in [0.5, 0.6) is 0 Å². The van der Waals surface area contributed by atoms with Crippen LogP contribution in [0.4, 0.5) is 0 Å². The van der Waals surface area contributed by atoms with Crippen molar-refractivity contribution in [3.05, 3.63) is 16.4 Å². The van der Waals surface area contributed by atoms with Gasteiger partial charge in [0, 0.05) is 31.5 Å². The third kappa shape index (κ3) is 4.70. The Morgan fingerprint density at radius 2 is 2.12 bits per heavy atom. The Kier molecular flexibility index (Phi) is 8.29. The first-order chi connectivity index (χ1) is 7.57. The Morgan fingerprint density at radius 3 is 2.65 bits per heavy atom. The minimum absolute atomic E-state index is 0. The van der Waals surface area contributed by atoms with Crippen molar-refractivity contribution in [2.75, 3.05) is 18.6 Å². The van der Waals surface area contributed by atoms with E-state index in [4.69, 9.17) is 11.6 Å². The summed E-state index contributed by atoms with van der Waals surface area (Å²) in [6.45, 7) is 6.10. The molecule has 0 aliphatic heterocycles. The van der Waals surface area contributed by atoms with Crippen LogP contribution in [-0.2, 0) is 13.6 Å². The molecule has 1 aromatic heterocycles. The Balaban J connectivity index is 0.00000256. The molecule has 0 aromatic carbocycles. The molecule has 0 aliphatic carbocycles. The highest BCUT2D eigenvalue weighted by molar-refractivity contribution is 7.98. The van der Waals surface area contributed by atoms with Gasteiger partial charge in [-0.2, -0.15) is 16.9 Å². The number of hydrogen-bond donors (Lipinski definition) is 1. The molecule has 0 unspecified atom stereocenters. The van der Waals surface area contributed by atoms with E-state index in [1.54, 1.807) is 4.68 Å². The molecule has 3 nitrogen and oxygen atoms in total. The van der Waals surface area contributed by atoms with Crippen LogP contribution in [0.25, 0.3) is 0 Å². The molecule has 0 aliphatic rings. The Morgan fingerprint density at radius 1 is 1.47 bits per heavy atom. The van der Waals surface area contributed by atoms with Gasteiger partial charge in [-0.1, -0.05) is 25.4 Å². The quantitative estimate of drug-likeness (QED) is 0.819. The third-order valence-electron chi connectivity index (χ3n) is 2.43. The van der Waals surface area contributed by atoms with E-state index in [2.05, 4.69) is 30.5 Å². The van der Waals surface area contributed by atoms with Gasteiger partial charge in [-0.15, -0.1) is 12.4 Å². The molecule has 100 valence electrons. The fourth-order valence-electron chi connectivity index (χ4n) is 1.58. The zero-order valence-electron chi connectivity index (χ0n) is 10.8. The summed E-state index contributed by atoms with van der Waals surface area (Å²) in [5.41, 5.74) is 2.24. The van der Waals surface area contributed by atoms with Gasteiger partial charge in [0.25, 0.3) is 0 Å². The zero-order chi connectivity index (χ0) is 12.1. The maximum atomic E-state index is 6.23. The smallest absolute Gasteiger partial charge is 0.131 e. The molecular weight excluding hydrogens is 277 g/mol. The highest BCUT2D eigenvalue weighted by atomic mass is 35.5. The average molecular weight is 298 g/mol. The second-order valence-corrected chi connectivity index (χ2v) is 5.45. The summed E-state index contributed by atoms with van der Waals surface area (Å²) in [7, 11) is 1.89. The third-order valence-corrected chi connectivity index (χ3v) is 3.52. The molecule has 6 heteroatoms. The van der Waals surface area contributed by atoms with Gasteiger partial charge in [0.05, 0.1) is 5.69 Å². The monoisotopic (exact) mass is 297 g/mol. The summed E-state index contributed by atoms with van der Waals surface area (Å²) in [6, 6.07) is 0. The first kappa shape index (κ1) is 17.1. The predicted molar refractivity (Wildman–Crippen MR) is 79.6 cm³/mol. The Labute approximate surface area is 119 Å². The minimum atomic E-state index is 0. The molecule has 0 spiro atoms. The highest BCUT2D eigenvalue weighted by Crippen LogP contribution is 2.24. The topological polar surface area (TPSA) is 29.9 Å². The number of nitrogens with one attached hydrogen (secondary N) is 1. The number of halogens is 2. The van der Waals surface area contributed by atoms with Crippen LogP contribution in [-0.4, -0.2) is 28.3 Å². The largest absolute Gasteiger partial charge is 0.312 e. The molecule has 0 bridgehead atoms. The van der Waals surface area contributed by atoms with Crippen LogP contribution in [0.3, 0.4) is 0 Å². The van der Waals surface area contributed by atoms with Gasteiger partial charge in [0.2, 0.25) is 0 Å². The minimum Gasteiger partial charge on any atom is -0.312 e. The van der Waals surface area contributed by atoms with E-state index in [0.717, 1.165) is 35.3 Å². The van der Waals surface area contributed by atoms with E-state index in [1.807, 2.05) is 18.8 Å². The van der Waals surface area contributed by atoms with Crippen molar-refractivity contribution in [1.82, 2.24) is 15.1 Å². The van der Waals surface area contributed by atoms with E-state index in [1.165, 1.54) is 0 Å². The molecule has 0 atom stereocenters. The molecular formula is C11H21Cl2N3S. The molecule has 0 saturated heterocycles. The highest BCUT2D eigenvalue weighted by Gasteiger charge is 2.16. The van der Waals surface area contributed by atoms with Gasteiger partial charge < -0.3 is 5.32 Å². The van der Waals surface area contributed by atoms with Crippen LogP contribution < -0.4 is 5.32 Å². The van der Waals surface area contributed by atoms with Crippen LogP contribution >= 0.6 is 35.8 Å². The van der Waals surface area contributed by atoms with Crippen molar-refractivity contribution in [2.24, 2.45) is 7.05 Å². The number of rotatable bonds is 6. The second kappa shape index (κ2) is 8.25. The molecule has 1 heterocycles. The summed E-state index contributed by atoms with van der Waals surface area (Å²) in [5, 5.41) is 8.59. The van der Waals surface area contributed by atoms with Gasteiger partial charge in [0.15, 0.2) is 0 Å². The number of aromatic nitrogens is 2. The molecule has 0 fully saturated rings. The lowest BCUT2D eigenvalue weighted by atomic mass is 10.1. The van der Waals surface area contributed by atoms with Gasteiger partial charge in [-0.05, 0) is 12.2 Å². The fraction of sp³-hybridized carbons (Fsp3) is 0.727. The summed E-state index contributed by atoms with van der Waals surface area (Å²) in [6.07, 6.45) is 2.11. The molecule has 1 aromatic rings. The fourth-order valence-corrected chi connectivity index (χ4v) is 2.13. The van der Waals surface area contributed by atoms with Crippen molar-refractivity contribution >= 4 is 35.8 Å². The van der Waals surface area contributed by atoms with Crippen LogP contribution in [0.15, 0.2) is 0 Å². The molecule has 0 radical (unpaired) electrons. The molecule has 1 rings (SSSR count). The lowest BCUT2D eigenvalue weighted by Crippen LogP contribution is -2.17. The SMILES string of the molecule is CSCCNCc1c(C(C)C)nn(C)c1Cl.Cl. The summed E-state index contributed by atoms with van der Waals surface area (Å²) < 4.78 is 1.75. The maximum absolute atomic E-state index is 6.23. The first-order valence-corrected chi connectivity index (χ1v) is 7.26. The Hall–Kier alpha value is 0.1000. The Bertz CT molecular complexity index is 340. The van der Waals surface area contributed by atoms with Gasteiger partial charge in [-0.25, -0.2) is 0 Å². The van der Waals surface area contributed by atoms with E-state index < -0.39 is 0 Å². The van der Waals surface area contributed by atoms with Gasteiger partial charge >= 0.3 is 0 Å². The normalized spacial score (nSPS) is 10.7. The average Bonchev–Trinajstić information content (AvgIpc) is 2.52. The van der Waals surface area contributed by atoms with E-state index in [-0.39, 0.29) is 12.4 Å².